The molecule has 5 aromatic rings. The number of aromatic amines is 1. The number of hydrogen-bond acceptors (Lipinski definition) is 11. The van der Waals surface area contributed by atoms with Crippen molar-refractivity contribution in [1.82, 2.24) is 4.98 Å². The zero-order valence-corrected chi connectivity index (χ0v) is 31.3. The summed E-state index contributed by atoms with van der Waals surface area (Å²) in [7, 11) is -0.189. The predicted molar refractivity (Wildman–Crippen MR) is 202 cm³/mol. The van der Waals surface area contributed by atoms with Gasteiger partial charge in [0.1, 0.15) is 18.1 Å². The van der Waals surface area contributed by atoms with Crippen molar-refractivity contribution in [2.24, 2.45) is 0 Å². The molecule has 0 spiro atoms. The third-order valence-corrected chi connectivity index (χ3v) is 9.80. The minimum Gasteiger partial charge on any atom is -0.493 e. The van der Waals surface area contributed by atoms with Crippen LogP contribution in [0.15, 0.2) is 60.7 Å². The van der Waals surface area contributed by atoms with Gasteiger partial charge in [0, 0.05) is 47.2 Å². The van der Waals surface area contributed by atoms with Crippen molar-refractivity contribution in [3.8, 4) is 23.0 Å². The Labute approximate surface area is 318 Å². The van der Waals surface area contributed by atoms with Crippen molar-refractivity contribution in [2.75, 3.05) is 57.2 Å². The van der Waals surface area contributed by atoms with Crippen molar-refractivity contribution in [3.63, 3.8) is 0 Å². The van der Waals surface area contributed by atoms with Crippen molar-refractivity contribution >= 4 is 70.2 Å². The van der Waals surface area contributed by atoms with E-state index in [1.165, 1.54) is 33.5 Å². The van der Waals surface area contributed by atoms with Gasteiger partial charge in [0.05, 0.1) is 62.4 Å². The molecule has 55 heavy (non-hydrogen) atoms. The Morgan fingerprint density at radius 1 is 1.00 bits per heavy atom. The summed E-state index contributed by atoms with van der Waals surface area (Å²) in [6.07, 6.45) is -0.804. The van der Waals surface area contributed by atoms with Crippen LogP contribution in [0.2, 0.25) is 0 Å². The fourth-order valence-corrected chi connectivity index (χ4v) is 7.11. The molecule has 0 radical (unpaired) electrons. The first-order valence-corrected chi connectivity index (χ1v) is 18.7. The van der Waals surface area contributed by atoms with Gasteiger partial charge in [-0.05, 0) is 35.2 Å². The number of phosphoric acid groups is 1. The average Bonchev–Trinajstić information content (AvgIpc) is 3.77. The number of nitro groups is 1. The number of amides is 2. The molecule has 0 bridgehead atoms. The molecule has 1 aliphatic heterocycles. The van der Waals surface area contributed by atoms with Gasteiger partial charge in [-0.15, -0.1) is 11.6 Å². The Kier molecular flexibility index (Phi) is 11.7. The number of halogens is 1. The number of carbonyl (C=O) groups excluding carboxylic acids is 2. The van der Waals surface area contributed by atoms with E-state index in [1.807, 2.05) is 24.3 Å². The van der Waals surface area contributed by atoms with Gasteiger partial charge in [-0.2, -0.15) is 0 Å². The van der Waals surface area contributed by atoms with Crippen LogP contribution < -0.4 is 29.2 Å². The van der Waals surface area contributed by atoms with Gasteiger partial charge in [-0.3, -0.25) is 24.7 Å². The number of benzene rings is 4. The Hall–Kier alpha value is -5.58. The highest BCUT2D eigenvalue weighted by Gasteiger charge is 2.36. The van der Waals surface area contributed by atoms with Crippen LogP contribution in [-0.4, -0.2) is 78.7 Å². The van der Waals surface area contributed by atoms with E-state index in [4.69, 9.17) is 45.1 Å². The maximum absolute atomic E-state index is 14.3. The first-order chi connectivity index (χ1) is 26.4. The van der Waals surface area contributed by atoms with Crippen LogP contribution in [0.25, 0.3) is 21.7 Å². The zero-order valence-electron chi connectivity index (χ0n) is 29.7. The first-order valence-electron chi connectivity index (χ1n) is 16.7. The predicted octanol–water partition coefficient (Wildman–Crippen LogP) is 6.86. The van der Waals surface area contributed by atoms with E-state index < -0.39 is 18.8 Å². The molecule has 0 aliphatic carbocycles. The van der Waals surface area contributed by atoms with E-state index in [1.54, 1.807) is 23.1 Å². The number of nitrogens with zero attached hydrogens (tertiary/aromatic N) is 2. The minimum atomic E-state index is -4.67. The van der Waals surface area contributed by atoms with Gasteiger partial charge in [0.15, 0.2) is 11.5 Å². The van der Waals surface area contributed by atoms with Gasteiger partial charge >= 0.3 is 13.9 Å². The number of nitro benzene ring substituents is 1. The Morgan fingerprint density at radius 3 is 2.42 bits per heavy atom. The molecular formula is C36H36ClN4O13P. The van der Waals surface area contributed by atoms with Crippen molar-refractivity contribution in [3.05, 3.63) is 87.6 Å². The number of rotatable bonds is 15. The molecule has 0 saturated carbocycles. The minimum absolute atomic E-state index is 0.0360. The molecular weight excluding hydrogens is 763 g/mol. The first kappa shape index (κ1) is 39.1. The summed E-state index contributed by atoms with van der Waals surface area (Å²) in [5.41, 5.74) is 2.55. The number of phosphoric ester groups is 1. The number of aromatic nitrogens is 1. The summed E-state index contributed by atoms with van der Waals surface area (Å²) < 4.78 is 43.1. The summed E-state index contributed by atoms with van der Waals surface area (Å²) >= 11 is 6.49. The standard InChI is InChI=1S/C36H36ClN4O13P/c1-49-30-14-21-13-27(38-32(21)34(51-3)33(30)50-2)35(42)40-18-22(17-37)31-25-8-5-4-7-24(25)26(16-28(31)40)39-36(43)53-19-20-9-10-23(41(44)45)15-29(20)52-11-6-12-54-55(46,47)48/h4-5,7-10,13-16,22,38H,6,11-12,17-19H2,1-3H3,(H,39,43)(H2,46,47,48). The lowest BCUT2D eigenvalue weighted by molar-refractivity contribution is -0.385. The van der Waals surface area contributed by atoms with Gasteiger partial charge in [-0.1, -0.05) is 24.3 Å². The molecule has 4 N–H and O–H groups in total. The van der Waals surface area contributed by atoms with Crippen LogP contribution in [0.3, 0.4) is 0 Å². The fraction of sp³-hybridized carbons (Fsp3) is 0.278. The normalized spacial score (nSPS) is 13.8. The smallest absolute Gasteiger partial charge is 0.469 e. The second kappa shape index (κ2) is 16.4. The highest BCUT2D eigenvalue weighted by Crippen LogP contribution is 2.47. The van der Waals surface area contributed by atoms with Crippen LogP contribution in [-0.2, 0) is 20.4 Å². The molecule has 0 saturated heterocycles. The second-order valence-electron chi connectivity index (χ2n) is 12.2. The largest absolute Gasteiger partial charge is 0.493 e. The Morgan fingerprint density at radius 2 is 1.75 bits per heavy atom. The lowest BCUT2D eigenvalue weighted by Gasteiger charge is -2.19. The van der Waals surface area contributed by atoms with Crippen molar-refractivity contribution in [1.29, 1.82) is 0 Å². The molecule has 2 amide bonds. The molecule has 0 fully saturated rings. The number of carbonyl (C=O) groups is 2. The molecule has 17 nitrogen and oxygen atoms in total. The fourth-order valence-electron chi connectivity index (χ4n) is 6.50. The van der Waals surface area contributed by atoms with Crippen molar-refractivity contribution in [2.45, 2.75) is 18.9 Å². The number of non-ortho nitro benzene ring substituents is 1. The van der Waals surface area contributed by atoms with Crippen LogP contribution in [0, 0.1) is 10.1 Å². The lowest BCUT2D eigenvalue weighted by Crippen LogP contribution is -2.30. The monoisotopic (exact) mass is 798 g/mol. The number of hydrogen-bond donors (Lipinski definition) is 4. The molecule has 1 aliphatic rings. The van der Waals surface area contributed by atoms with Crippen LogP contribution in [0.5, 0.6) is 23.0 Å². The van der Waals surface area contributed by atoms with E-state index >= 15 is 0 Å². The molecule has 1 aromatic heterocycles. The van der Waals surface area contributed by atoms with Gasteiger partial charge in [-0.25, -0.2) is 9.36 Å². The van der Waals surface area contributed by atoms with E-state index in [0.717, 1.165) is 17.0 Å². The average molecular weight is 799 g/mol. The SMILES string of the molecule is COc1cc2cc(C(=O)N3CC(CCl)c4c3cc(NC(=O)OCc3ccc([N+](=O)[O-])cc3OCCCOP(=O)(O)O)c3ccccc43)[nH]c2c(OC)c1OC. The highest BCUT2D eigenvalue weighted by atomic mass is 35.5. The van der Waals surface area contributed by atoms with Gasteiger partial charge in [0.2, 0.25) is 5.75 Å². The van der Waals surface area contributed by atoms with E-state index in [9.17, 15) is 24.3 Å². The number of nitrogens with one attached hydrogen (secondary N) is 2. The summed E-state index contributed by atoms with van der Waals surface area (Å²) in [5.74, 6) is 0.838. The number of alkyl halides is 1. The molecule has 6 rings (SSSR count). The third-order valence-electron chi connectivity index (χ3n) is 8.91. The topological polar surface area (TPSA) is 221 Å². The maximum Gasteiger partial charge on any atom is 0.469 e. The number of ether oxygens (including phenoxy) is 5. The van der Waals surface area contributed by atoms with E-state index in [-0.39, 0.29) is 67.6 Å². The summed E-state index contributed by atoms with van der Waals surface area (Å²) in [6, 6.07) is 16.2. The van der Waals surface area contributed by atoms with Gasteiger partial charge < -0.3 is 43.4 Å². The second-order valence-corrected chi connectivity index (χ2v) is 13.8. The van der Waals surface area contributed by atoms with Gasteiger partial charge in [0.25, 0.3) is 11.6 Å². The molecule has 1 unspecified atom stereocenters. The molecule has 4 aromatic carbocycles. The van der Waals surface area contributed by atoms with Crippen LogP contribution in [0.1, 0.15) is 34.0 Å². The number of anilines is 2. The highest BCUT2D eigenvalue weighted by molar-refractivity contribution is 7.46. The summed E-state index contributed by atoms with van der Waals surface area (Å²) in [4.78, 5) is 60.9. The van der Waals surface area contributed by atoms with Crippen molar-refractivity contribution < 1.29 is 57.1 Å². The van der Waals surface area contributed by atoms with E-state index in [2.05, 4.69) is 14.8 Å². The quantitative estimate of drug-likeness (QED) is 0.0280. The molecule has 19 heteroatoms. The summed E-state index contributed by atoms with van der Waals surface area (Å²) in [6.45, 7) is -0.505. The van der Waals surface area contributed by atoms with E-state index in [0.29, 0.717) is 50.5 Å². The molecule has 2 heterocycles. The number of methoxy groups -OCH3 is 3. The maximum atomic E-state index is 14.3. The zero-order chi connectivity index (χ0) is 39.4. The third kappa shape index (κ3) is 8.26. The number of H-pyrrole nitrogens is 1. The summed E-state index contributed by atoms with van der Waals surface area (Å²) in [5, 5.41) is 16.3. The Bertz CT molecular complexity index is 2330. The molecule has 1 atom stereocenters. The van der Waals surface area contributed by atoms with Crippen LogP contribution >= 0.6 is 19.4 Å². The molecule has 290 valence electrons. The Balaban J connectivity index is 1.26. The number of fused-ring (bicyclic) bond motifs is 4. The lowest BCUT2D eigenvalue weighted by atomic mass is 9.95. The van der Waals surface area contributed by atoms with Crippen LogP contribution in [0.4, 0.5) is 21.9 Å².